The van der Waals surface area contributed by atoms with Gasteiger partial charge in [0.1, 0.15) is 29.7 Å². The van der Waals surface area contributed by atoms with Gasteiger partial charge in [-0.2, -0.15) is 0 Å². The fourth-order valence-electron chi connectivity index (χ4n) is 4.61. The first kappa shape index (κ1) is 24.1. The number of amides is 2. The monoisotopic (exact) mass is 545 g/mol. The minimum absolute atomic E-state index is 0.127. The molecule has 2 amide bonds. The van der Waals surface area contributed by atoms with Gasteiger partial charge in [-0.15, -0.1) is 0 Å². The van der Waals surface area contributed by atoms with Crippen LogP contribution in [-0.4, -0.2) is 52.2 Å². The Morgan fingerprint density at radius 3 is 2.59 bits per heavy atom. The maximum atomic E-state index is 11.9. The second kappa shape index (κ2) is 11.0. The number of aromatic nitrogens is 2. The van der Waals surface area contributed by atoms with E-state index in [-0.39, 0.29) is 13.0 Å². The number of benzene rings is 3. The molecule has 1 atom stereocenters. The summed E-state index contributed by atoms with van der Waals surface area (Å²) in [5, 5.41) is 0.146. The molecule has 2 aliphatic rings. The molecule has 3 heterocycles. The number of aryl methyl sites for hydroxylation is 1. The van der Waals surface area contributed by atoms with E-state index in [1.807, 2.05) is 48.0 Å². The van der Waals surface area contributed by atoms with E-state index >= 15 is 0 Å². The van der Waals surface area contributed by atoms with Gasteiger partial charge in [0.25, 0.3) is 5.24 Å². The zero-order valence-corrected chi connectivity index (χ0v) is 22.2. The number of imide groups is 1. The van der Waals surface area contributed by atoms with Gasteiger partial charge in [-0.1, -0.05) is 30.0 Å². The number of hydrogen-bond donors (Lipinski definition) is 1. The van der Waals surface area contributed by atoms with Crippen LogP contribution in [0, 0.1) is 0 Å². The molecule has 2 saturated heterocycles. The molecule has 10 heteroatoms. The van der Waals surface area contributed by atoms with E-state index in [1.54, 1.807) is 24.3 Å². The van der Waals surface area contributed by atoms with E-state index in [0.29, 0.717) is 17.5 Å². The zero-order valence-electron chi connectivity index (χ0n) is 22.4. The van der Waals surface area contributed by atoms with E-state index < -0.39 is 16.4 Å². The molecule has 0 aliphatic carbocycles. The summed E-state index contributed by atoms with van der Waals surface area (Å²) in [6.07, 6.45) is 0.127. The zero-order chi connectivity index (χ0) is 27.7. The number of hydrogen-bond acceptors (Lipinski definition) is 8. The lowest BCUT2D eigenvalue weighted by molar-refractivity contribution is -0.118. The maximum Gasteiger partial charge on any atom is 0.286 e. The molecule has 0 spiro atoms. The van der Waals surface area contributed by atoms with Crippen molar-refractivity contribution in [1.29, 1.82) is 0 Å². The van der Waals surface area contributed by atoms with Gasteiger partial charge >= 0.3 is 0 Å². The largest absolute Gasteiger partial charge is 0.486 e. The molecular formula is C29H28N4O5S. The van der Waals surface area contributed by atoms with Crippen LogP contribution in [0.25, 0.3) is 11.0 Å². The normalized spacial score (nSPS) is 19.7. The number of imidazole rings is 1. The molecule has 3 aromatic carbocycles. The first-order chi connectivity index (χ1) is 19.4. The second-order valence-electron chi connectivity index (χ2n) is 9.31. The van der Waals surface area contributed by atoms with Gasteiger partial charge in [-0.25, -0.2) is 4.98 Å². The molecule has 0 radical (unpaired) electrons. The van der Waals surface area contributed by atoms with Crippen LogP contribution >= 0.6 is 11.8 Å². The number of nitrogens with one attached hydrogen (secondary N) is 1. The minimum atomic E-state index is -1.54. The first-order valence-electron chi connectivity index (χ1n) is 13.2. The number of morpholine rings is 1. The highest BCUT2D eigenvalue weighted by Crippen LogP contribution is 2.29. The van der Waals surface area contributed by atoms with E-state index in [9.17, 15) is 9.59 Å². The van der Waals surface area contributed by atoms with Crippen molar-refractivity contribution < 1.29 is 25.2 Å². The van der Waals surface area contributed by atoms with E-state index in [4.69, 9.17) is 20.6 Å². The maximum absolute atomic E-state index is 11.9. The lowest BCUT2D eigenvalue weighted by atomic mass is 10.1. The summed E-state index contributed by atoms with van der Waals surface area (Å²) in [6.45, 7) is 3.46. The van der Waals surface area contributed by atoms with Crippen LogP contribution in [-0.2, 0) is 29.6 Å². The van der Waals surface area contributed by atoms with Crippen molar-refractivity contribution in [2.45, 2.75) is 18.3 Å². The molecule has 200 valence electrons. The number of rotatable bonds is 8. The lowest BCUT2D eigenvalue weighted by Gasteiger charge is -2.29. The van der Waals surface area contributed by atoms with Crippen LogP contribution < -0.4 is 19.7 Å². The second-order valence-corrected chi connectivity index (χ2v) is 10.4. The van der Waals surface area contributed by atoms with Crippen molar-refractivity contribution in [2.24, 2.45) is 7.05 Å². The van der Waals surface area contributed by atoms with Crippen molar-refractivity contribution >= 4 is 39.6 Å². The number of ether oxygens (including phenoxy) is 3. The van der Waals surface area contributed by atoms with Crippen molar-refractivity contribution in [1.82, 2.24) is 14.9 Å². The summed E-state index contributed by atoms with van der Waals surface area (Å²) in [4.78, 5) is 30.4. The molecule has 6 rings (SSSR count). The van der Waals surface area contributed by atoms with Crippen LogP contribution in [0.1, 0.15) is 12.8 Å². The highest BCUT2D eigenvalue weighted by atomic mass is 32.2. The summed E-state index contributed by atoms with van der Waals surface area (Å²) >= 11 is 0.704. The third kappa shape index (κ3) is 5.71. The summed E-state index contributed by atoms with van der Waals surface area (Å²) < 4.78 is 27.9. The fraction of sp³-hybridized carbons (Fsp3) is 0.276. The first-order valence-corrected chi connectivity index (χ1v) is 13.5. The molecule has 2 fully saturated rings. The van der Waals surface area contributed by atoms with E-state index in [1.165, 1.54) is 0 Å². The molecular weight excluding hydrogens is 516 g/mol. The number of anilines is 1. The Labute approximate surface area is 231 Å². The number of thioether (sulfide) groups is 1. The highest BCUT2D eigenvalue weighted by Gasteiger charge is 2.31. The molecule has 2 aliphatic heterocycles. The number of carbonyl (C=O) groups excluding carboxylic acids is 2. The average molecular weight is 546 g/mol. The fourth-order valence-corrected chi connectivity index (χ4v) is 5.36. The van der Waals surface area contributed by atoms with E-state index in [2.05, 4.69) is 16.3 Å². The van der Waals surface area contributed by atoms with Crippen LogP contribution in [0.2, 0.25) is 0 Å². The van der Waals surface area contributed by atoms with Crippen molar-refractivity contribution in [2.75, 3.05) is 31.2 Å². The Balaban J connectivity index is 1.11. The minimum Gasteiger partial charge on any atom is -0.486 e. The van der Waals surface area contributed by atoms with Crippen LogP contribution in [0.15, 0.2) is 66.7 Å². The molecule has 0 bridgehead atoms. The standard InChI is InChI=1S/C29H28N4O5S/c1-32-25-17-23(38-22-4-2-3-20(16-22)33-11-13-36-14-12-33)9-10-24(25)30-27(32)18-37-21-7-5-19(6-8-21)15-26-28(34)31-29(35)39-26/h2-10,16-17,26H,11-15,18H2,1H3,(H,31,34,35)/i26D. The van der Waals surface area contributed by atoms with Gasteiger partial charge in [-0.05, 0) is 48.4 Å². The number of nitrogens with zero attached hydrogens (tertiary/aromatic N) is 3. The van der Waals surface area contributed by atoms with Crippen LogP contribution in [0.3, 0.4) is 0 Å². The topological polar surface area (TPSA) is 94.9 Å². The van der Waals surface area contributed by atoms with Crippen molar-refractivity contribution in [3.05, 3.63) is 78.1 Å². The van der Waals surface area contributed by atoms with Gasteiger partial charge < -0.3 is 23.7 Å². The molecule has 4 aromatic rings. The third-order valence-corrected chi connectivity index (χ3v) is 7.58. The Bertz CT molecular complexity index is 1570. The van der Waals surface area contributed by atoms with Crippen LogP contribution in [0.5, 0.6) is 17.2 Å². The van der Waals surface area contributed by atoms with Crippen molar-refractivity contribution in [3.8, 4) is 17.2 Å². The Morgan fingerprint density at radius 1 is 1.05 bits per heavy atom. The third-order valence-electron chi connectivity index (χ3n) is 6.72. The van der Waals surface area contributed by atoms with Gasteiger partial charge in [-0.3, -0.25) is 14.9 Å². The Hall–Kier alpha value is -4.02. The molecule has 1 unspecified atom stereocenters. The Kier molecular flexibility index (Phi) is 6.78. The molecule has 39 heavy (non-hydrogen) atoms. The highest BCUT2D eigenvalue weighted by molar-refractivity contribution is 8.15. The quantitative estimate of drug-likeness (QED) is 0.341. The molecule has 0 saturated carbocycles. The smallest absolute Gasteiger partial charge is 0.286 e. The predicted molar refractivity (Wildman–Crippen MR) is 150 cm³/mol. The summed E-state index contributed by atoms with van der Waals surface area (Å²) in [5.41, 5.74) is 3.66. The molecule has 9 nitrogen and oxygen atoms in total. The lowest BCUT2D eigenvalue weighted by Crippen LogP contribution is -2.36. The number of carbonyl (C=O) groups is 2. The molecule has 1 N–H and O–H groups in total. The van der Waals surface area contributed by atoms with E-state index in [0.717, 1.165) is 65.9 Å². The number of fused-ring (bicyclic) bond motifs is 1. The predicted octanol–water partition coefficient (Wildman–Crippen LogP) is 4.68. The summed E-state index contributed by atoms with van der Waals surface area (Å²) in [7, 11) is 1.94. The van der Waals surface area contributed by atoms with Gasteiger partial charge in [0.2, 0.25) is 5.91 Å². The van der Waals surface area contributed by atoms with Gasteiger partial charge in [0.05, 0.1) is 30.8 Å². The van der Waals surface area contributed by atoms with Gasteiger partial charge in [0.15, 0.2) is 0 Å². The summed E-state index contributed by atoms with van der Waals surface area (Å²) in [5.74, 6) is 2.31. The summed E-state index contributed by atoms with van der Waals surface area (Å²) in [6, 6.07) is 21.1. The van der Waals surface area contributed by atoms with Gasteiger partial charge in [0, 0.05) is 38.0 Å². The molecule has 1 aromatic heterocycles. The van der Waals surface area contributed by atoms with Crippen LogP contribution in [0.4, 0.5) is 10.5 Å². The Morgan fingerprint density at radius 2 is 1.82 bits per heavy atom. The SMILES string of the molecule is [2H]C1(Cc2ccc(OCc3nc4ccc(Oc5cccc(N6CCOCC6)c5)cc4n3C)cc2)SC(=O)NC1=O. The van der Waals surface area contributed by atoms with Crippen molar-refractivity contribution in [3.63, 3.8) is 0 Å². The average Bonchev–Trinajstić information content (AvgIpc) is 3.41.